The van der Waals surface area contributed by atoms with E-state index in [9.17, 15) is 19.2 Å². The molecule has 10 heteroatoms. The molecule has 1 aliphatic heterocycles. The monoisotopic (exact) mass is 426 g/mol. The molecule has 1 fully saturated rings. The third-order valence-electron chi connectivity index (χ3n) is 4.26. The van der Waals surface area contributed by atoms with Gasteiger partial charge in [-0.3, -0.25) is 0 Å². The van der Waals surface area contributed by atoms with Gasteiger partial charge in [-0.05, 0) is 30.3 Å². The molecular formula is C21H14O10. The Labute approximate surface area is 174 Å². The highest BCUT2D eigenvalue weighted by Gasteiger charge is 2.46. The van der Waals surface area contributed by atoms with Crippen LogP contribution in [0.3, 0.4) is 0 Å². The lowest BCUT2D eigenvalue weighted by molar-refractivity contribution is -0.156. The summed E-state index contributed by atoms with van der Waals surface area (Å²) >= 11 is 0. The molecule has 1 aliphatic rings. The maximum absolute atomic E-state index is 11.2. The summed E-state index contributed by atoms with van der Waals surface area (Å²) in [6.07, 6.45) is -4.48. The van der Waals surface area contributed by atoms with E-state index in [-0.39, 0.29) is 16.7 Å². The molecule has 0 spiro atoms. The van der Waals surface area contributed by atoms with E-state index in [4.69, 9.17) is 29.9 Å². The van der Waals surface area contributed by atoms with Crippen LogP contribution in [-0.4, -0.2) is 56.5 Å². The Bertz CT molecular complexity index is 1070. The van der Waals surface area contributed by atoms with E-state index < -0.39 is 42.4 Å². The van der Waals surface area contributed by atoms with Crippen molar-refractivity contribution in [3.63, 3.8) is 0 Å². The van der Waals surface area contributed by atoms with Gasteiger partial charge in [0.15, 0.2) is 18.5 Å². The van der Waals surface area contributed by atoms with Crippen molar-refractivity contribution in [1.29, 1.82) is 0 Å². The minimum absolute atomic E-state index is 0.192. The lowest BCUT2D eigenvalue weighted by Gasteiger charge is -2.09. The van der Waals surface area contributed by atoms with E-state index in [1.54, 1.807) is 0 Å². The van der Waals surface area contributed by atoms with Gasteiger partial charge in [0.25, 0.3) is 0 Å². The highest BCUT2D eigenvalue weighted by molar-refractivity contribution is 5.94. The lowest BCUT2D eigenvalue weighted by atomic mass is 10.1. The van der Waals surface area contributed by atoms with E-state index in [1.165, 1.54) is 36.4 Å². The van der Waals surface area contributed by atoms with Gasteiger partial charge in [0.1, 0.15) is 0 Å². The summed E-state index contributed by atoms with van der Waals surface area (Å²) in [4.78, 5) is 44.6. The average Bonchev–Trinajstić information content (AvgIpc) is 3.18. The molecule has 1 heterocycles. The Hall–Kier alpha value is -4.20. The van der Waals surface area contributed by atoms with Gasteiger partial charge in [-0.2, -0.15) is 0 Å². The zero-order valence-corrected chi connectivity index (χ0v) is 15.5. The Morgan fingerprint density at radius 1 is 0.677 bits per heavy atom. The summed E-state index contributed by atoms with van der Waals surface area (Å²) < 4.78 is 10.3. The zero-order valence-electron chi connectivity index (χ0n) is 15.5. The fourth-order valence-corrected chi connectivity index (χ4v) is 2.79. The molecule has 0 amide bonds. The van der Waals surface area contributed by atoms with Crippen LogP contribution in [0.4, 0.5) is 0 Å². The standard InChI is InChI=1S/C21H14O10/c22-17(23)13-7-11(8-14(9-13)18(24)25)2-1-10-3-5-12(6-4-10)21-30-15(19(26)27)16(31-21)20(28)29/h3-9,15-16,21H,(H,22,23)(H,24,25)(H,26,27)(H,28,29)/t15-,16-/m1/s1. The first kappa shape index (κ1) is 21.5. The topological polar surface area (TPSA) is 168 Å². The quantitative estimate of drug-likeness (QED) is 0.513. The number of hydrogen-bond donors (Lipinski definition) is 4. The van der Waals surface area contributed by atoms with Crippen molar-refractivity contribution in [3.8, 4) is 11.8 Å². The molecule has 4 N–H and O–H groups in total. The van der Waals surface area contributed by atoms with Crippen molar-refractivity contribution in [2.75, 3.05) is 0 Å². The SMILES string of the molecule is O=C(O)c1cc(C#Cc2ccc(C3O[C@@H](C(=O)O)[C@H](C(=O)O)O3)cc2)cc(C(=O)O)c1. The second kappa shape index (κ2) is 8.66. The summed E-state index contributed by atoms with van der Waals surface area (Å²) in [7, 11) is 0. The van der Waals surface area contributed by atoms with Crippen molar-refractivity contribution in [2.45, 2.75) is 18.5 Å². The molecular weight excluding hydrogens is 412 g/mol. The minimum Gasteiger partial charge on any atom is -0.479 e. The maximum atomic E-state index is 11.2. The molecule has 0 bridgehead atoms. The third-order valence-corrected chi connectivity index (χ3v) is 4.26. The van der Waals surface area contributed by atoms with Gasteiger partial charge in [-0.15, -0.1) is 0 Å². The molecule has 0 aliphatic carbocycles. The van der Waals surface area contributed by atoms with Crippen molar-refractivity contribution in [3.05, 3.63) is 70.3 Å². The molecule has 3 rings (SSSR count). The molecule has 0 saturated carbocycles. The number of benzene rings is 2. The predicted molar refractivity (Wildman–Crippen MR) is 101 cm³/mol. The fourth-order valence-electron chi connectivity index (χ4n) is 2.79. The van der Waals surface area contributed by atoms with E-state index in [1.807, 2.05) is 0 Å². The Kier molecular flexibility index (Phi) is 6.01. The van der Waals surface area contributed by atoms with Gasteiger partial charge in [0.2, 0.25) is 0 Å². The van der Waals surface area contributed by atoms with Crippen molar-refractivity contribution in [2.24, 2.45) is 0 Å². The number of carboxylic acids is 4. The fraction of sp³-hybridized carbons (Fsp3) is 0.143. The van der Waals surface area contributed by atoms with Crippen LogP contribution in [0, 0.1) is 11.8 Å². The number of carbonyl (C=O) groups is 4. The second-order valence-corrected chi connectivity index (χ2v) is 6.40. The zero-order chi connectivity index (χ0) is 22.7. The molecule has 2 aromatic rings. The summed E-state index contributed by atoms with van der Waals surface area (Å²) in [6, 6.07) is 9.61. The molecule has 2 aromatic carbocycles. The maximum Gasteiger partial charge on any atom is 0.336 e. The van der Waals surface area contributed by atoms with Crippen LogP contribution >= 0.6 is 0 Å². The Morgan fingerprint density at radius 3 is 1.55 bits per heavy atom. The van der Waals surface area contributed by atoms with Gasteiger partial charge < -0.3 is 29.9 Å². The van der Waals surface area contributed by atoms with E-state index in [0.29, 0.717) is 11.1 Å². The molecule has 158 valence electrons. The molecule has 10 nitrogen and oxygen atoms in total. The highest BCUT2D eigenvalue weighted by Crippen LogP contribution is 2.31. The molecule has 0 aromatic heterocycles. The van der Waals surface area contributed by atoms with Gasteiger partial charge in [-0.1, -0.05) is 24.0 Å². The van der Waals surface area contributed by atoms with E-state index >= 15 is 0 Å². The Balaban J connectivity index is 1.81. The Morgan fingerprint density at radius 2 is 1.13 bits per heavy atom. The van der Waals surface area contributed by atoms with E-state index in [2.05, 4.69) is 11.8 Å². The van der Waals surface area contributed by atoms with E-state index in [0.717, 1.165) is 6.07 Å². The number of carboxylic acid groups (broad SMARTS) is 4. The number of aromatic carboxylic acids is 2. The number of hydrogen-bond acceptors (Lipinski definition) is 6. The average molecular weight is 426 g/mol. The number of rotatable bonds is 5. The van der Waals surface area contributed by atoms with Crippen LogP contribution < -0.4 is 0 Å². The first-order valence-electron chi connectivity index (χ1n) is 8.66. The van der Waals surface area contributed by atoms with Crippen LogP contribution in [-0.2, 0) is 19.1 Å². The molecule has 0 unspecified atom stereocenters. The third kappa shape index (κ3) is 4.87. The van der Waals surface area contributed by atoms with Gasteiger partial charge >= 0.3 is 23.9 Å². The summed E-state index contributed by atoms with van der Waals surface area (Å²) in [5.74, 6) is -0.0358. The first-order valence-corrected chi connectivity index (χ1v) is 8.66. The van der Waals surface area contributed by atoms with Crippen LogP contribution in [0.2, 0.25) is 0 Å². The lowest BCUT2D eigenvalue weighted by Crippen LogP contribution is -2.36. The van der Waals surface area contributed by atoms with Gasteiger partial charge in [-0.25, -0.2) is 19.2 Å². The molecule has 31 heavy (non-hydrogen) atoms. The van der Waals surface area contributed by atoms with Crippen LogP contribution in [0.15, 0.2) is 42.5 Å². The molecule has 1 saturated heterocycles. The normalized spacial score (nSPS) is 18.1. The molecule has 0 radical (unpaired) electrons. The van der Waals surface area contributed by atoms with Crippen molar-refractivity contribution >= 4 is 23.9 Å². The van der Waals surface area contributed by atoms with Gasteiger partial charge in [0, 0.05) is 16.7 Å². The van der Waals surface area contributed by atoms with Crippen molar-refractivity contribution < 1.29 is 49.1 Å². The second-order valence-electron chi connectivity index (χ2n) is 6.40. The predicted octanol–water partition coefficient (Wildman–Crippen LogP) is 1.43. The van der Waals surface area contributed by atoms with Crippen LogP contribution in [0.25, 0.3) is 0 Å². The van der Waals surface area contributed by atoms with Crippen LogP contribution in [0.1, 0.15) is 43.7 Å². The number of aliphatic carboxylic acids is 2. The van der Waals surface area contributed by atoms with Crippen LogP contribution in [0.5, 0.6) is 0 Å². The largest absolute Gasteiger partial charge is 0.479 e. The first-order chi connectivity index (χ1) is 14.7. The smallest absolute Gasteiger partial charge is 0.336 e. The number of ether oxygens (including phenoxy) is 2. The summed E-state index contributed by atoms with van der Waals surface area (Å²) in [5.41, 5.74) is 0.620. The molecule has 2 atom stereocenters. The van der Waals surface area contributed by atoms with Crippen molar-refractivity contribution in [1.82, 2.24) is 0 Å². The summed E-state index contributed by atoms with van der Waals surface area (Å²) in [6.45, 7) is 0. The minimum atomic E-state index is -1.65. The van der Waals surface area contributed by atoms with Gasteiger partial charge in [0.05, 0.1) is 11.1 Å². The highest BCUT2D eigenvalue weighted by atomic mass is 16.7. The summed E-state index contributed by atoms with van der Waals surface area (Å²) in [5, 5.41) is 36.3.